The zero-order valence-corrected chi connectivity index (χ0v) is 19.9. The Morgan fingerprint density at radius 2 is 1.56 bits per heavy atom. The number of nitrogens with one attached hydrogen (secondary N) is 1. The first-order valence-electron chi connectivity index (χ1n) is 10.1. The number of anilines is 1. The second-order valence-electron chi connectivity index (χ2n) is 7.01. The number of methoxy groups -OCH3 is 2. The fourth-order valence-electron chi connectivity index (χ4n) is 3.11. The SMILES string of the molecule is COc1ccc(N=c2sc(C(=O)Nc3ccccc3Cl)cc(=O)n2-c2ccc(OC)cc2)cc1. The van der Waals surface area contributed by atoms with Crippen LogP contribution in [0.1, 0.15) is 9.67 Å². The average Bonchev–Trinajstić information content (AvgIpc) is 2.86. The van der Waals surface area contributed by atoms with Gasteiger partial charge in [-0.2, -0.15) is 0 Å². The Morgan fingerprint density at radius 1 is 0.941 bits per heavy atom. The van der Waals surface area contributed by atoms with Crippen molar-refractivity contribution >= 4 is 40.2 Å². The minimum atomic E-state index is -0.455. The van der Waals surface area contributed by atoms with Gasteiger partial charge in [0.2, 0.25) is 0 Å². The molecule has 4 aromatic rings. The van der Waals surface area contributed by atoms with E-state index < -0.39 is 11.5 Å². The van der Waals surface area contributed by atoms with Gasteiger partial charge in [0, 0.05) is 6.07 Å². The van der Waals surface area contributed by atoms with Gasteiger partial charge in [-0.3, -0.25) is 14.2 Å². The second kappa shape index (κ2) is 10.4. The number of rotatable bonds is 6. The average molecular weight is 494 g/mol. The molecule has 1 amide bonds. The van der Waals surface area contributed by atoms with Crippen molar-refractivity contribution in [2.45, 2.75) is 0 Å². The minimum absolute atomic E-state index is 0.196. The van der Waals surface area contributed by atoms with Crippen molar-refractivity contribution in [3.63, 3.8) is 0 Å². The van der Waals surface area contributed by atoms with Crippen LogP contribution in [0.4, 0.5) is 11.4 Å². The Morgan fingerprint density at radius 3 is 2.18 bits per heavy atom. The fourth-order valence-corrected chi connectivity index (χ4v) is 4.23. The van der Waals surface area contributed by atoms with Gasteiger partial charge >= 0.3 is 0 Å². The van der Waals surface area contributed by atoms with Gasteiger partial charge in [0.1, 0.15) is 16.4 Å². The monoisotopic (exact) mass is 493 g/mol. The summed E-state index contributed by atoms with van der Waals surface area (Å²) in [5.41, 5.74) is 1.24. The molecule has 3 aromatic carbocycles. The highest BCUT2D eigenvalue weighted by Crippen LogP contribution is 2.22. The smallest absolute Gasteiger partial charge is 0.266 e. The molecule has 1 N–H and O–H groups in total. The lowest BCUT2D eigenvalue weighted by molar-refractivity contribution is 0.103. The number of hydrogen-bond acceptors (Lipinski definition) is 6. The van der Waals surface area contributed by atoms with Crippen molar-refractivity contribution in [2.75, 3.05) is 19.5 Å². The van der Waals surface area contributed by atoms with Crippen molar-refractivity contribution in [2.24, 2.45) is 4.99 Å². The van der Waals surface area contributed by atoms with Gasteiger partial charge < -0.3 is 14.8 Å². The molecular weight excluding hydrogens is 474 g/mol. The van der Waals surface area contributed by atoms with Gasteiger partial charge in [0.25, 0.3) is 11.5 Å². The van der Waals surface area contributed by atoms with E-state index in [1.54, 1.807) is 87.0 Å². The number of nitrogens with zero attached hydrogens (tertiary/aromatic N) is 2. The first-order valence-corrected chi connectivity index (χ1v) is 11.3. The summed E-state index contributed by atoms with van der Waals surface area (Å²) in [6.45, 7) is 0. The molecule has 0 aliphatic rings. The number of aromatic nitrogens is 1. The number of carbonyl (C=O) groups is 1. The first kappa shape index (κ1) is 23.3. The van der Waals surface area contributed by atoms with Gasteiger partial charge in [-0.05, 0) is 60.7 Å². The number of ether oxygens (including phenoxy) is 2. The van der Waals surface area contributed by atoms with Crippen LogP contribution in [0.2, 0.25) is 5.02 Å². The Bertz CT molecular complexity index is 1440. The molecule has 34 heavy (non-hydrogen) atoms. The van der Waals surface area contributed by atoms with Crippen molar-refractivity contribution in [1.29, 1.82) is 0 Å². The lowest BCUT2D eigenvalue weighted by Gasteiger charge is -2.10. The summed E-state index contributed by atoms with van der Waals surface area (Å²) in [5.74, 6) is 0.885. The molecule has 1 aromatic heterocycles. The molecular formula is C25H20ClN3O4S. The third kappa shape index (κ3) is 5.19. The van der Waals surface area contributed by atoms with E-state index in [0.29, 0.717) is 38.4 Å². The summed E-state index contributed by atoms with van der Waals surface area (Å²) in [5, 5.41) is 3.15. The molecule has 0 aliphatic carbocycles. The lowest BCUT2D eigenvalue weighted by Crippen LogP contribution is -2.31. The van der Waals surface area contributed by atoms with Crippen LogP contribution >= 0.6 is 22.9 Å². The molecule has 0 radical (unpaired) electrons. The number of amides is 1. The summed E-state index contributed by atoms with van der Waals surface area (Å²) in [4.78, 5) is 31.3. The summed E-state index contributed by atoms with van der Waals surface area (Å²) >= 11 is 7.25. The van der Waals surface area contributed by atoms with Crippen LogP contribution in [0.3, 0.4) is 0 Å². The zero-order chi connectivity index (χ0) is 24.1. The third-order valence-corrected chi connectivity index (χ3v) is 6.15. The molecule has 0 saturated carbocycles. The van der Waals surface area contributed by atoms with Gasteiger partial charge in [-0.25, -0.2) is 4.99 Å². The molecule has 0 saturated heterocycles. The number of para-hydroxylation sites is 1. The highest BCUT2D eigenvalue weighted by Gasteiger charge is 2.14. The minimum Gasteiger partial charge on any atom is -0.497 e. The first-order chi connectivity index (χ1) is 16.5. The standard InChI is InChI=1S/C25H20ClN3O4S/c1-32-18-11-7-16(8-12-18)27-25-29(17-9-13-19(33-2)14-10-17)23(30)15-22(34-25)24(31)28-21-6-4-3-5-20(21)26/h3-15H,1-2H3,(H,28,31). The highest BCUT2D eigenvalue weighted by atomic mass is 35.5. The maximum absolute atomic E-state index is 13.2. The van der Waals surface area contributed by atoms with Gasteiger partial charge in [0.05, 0.1) is 36.3 Å². The molecule has 0 unspecified atom stereocenters. The molecule has 0 bridgehead atoms. The lowest BCUT2D eigenvalue weighted by atomic mass is 10.3. The van der Waals surface area contributed by atoms with Gasteiger partial charge in [0.15, 0.2) is 4.80 Å². The summed E-state index contributed by atoms with van der Waals surface area (Å²) in [7, 11) is 3.15. The number of halogens is 1. The molecule has 7 nitrogen and oxygen atoms in total. The largest absolute Gasteiger partial charge is 0.497 e. The zero-order valence-electron chi connectivity index (χ0n) is 18.3. The van der Waals surface area contributed by atoms with Crippen molar-refractivity contribution < 1.29 is 14.3 Å². The number of carbonyl (C=O) groups excluding carboxylic acids is 1. The van der Waals surface area contributed by atoms with Crippen molar-refractivity contribution in [1.82, 2.24) is 4.57 Å². The Labute approximate surface area is 204 Å². The van der Waals surface area contributed by atoms with Crippen LogP contribution in [0.5, 0.6) is 11.5 Å². The summed E-state index contributed by atoms with van der Waals surface area (Å²) in [6, 6.07) is 22.3. The van der Waals surface area contributed by atoms with Crippen LogP contribution in [-0.2, 0) is 0 Å². The van der Waals surface area contributed by atoms with E-state index in [4.69, 9.17) is 21.1 Å². The van der Waals surface area contributed by atoms with Crippen LogP contribution in [0, 0.1) is 0 Å². The fraction of sp³-hybridized carbons (Fsp3) is 0.0800. The van der Waals surface area contributed by atoms with Gasteiger partial charge in [-0.15, -0.1) is 0 Å². The van der Waals surface area contributed by atoms with E-state index in [-0.39, 0.29) is 4.88 Å². The van der Waals surface area contributed by atoms with E-state index in [1.165, 1.54) is 10.6 Å². The second-order valence-corrected chi connectivity index (χ2v) is 8.42. The van der Waals surface area contributed by atoms with Crippen molar-refractivity contribution in [3.8, 4) is 17.2 Å². The topological polar surface area (TPSA) is 81.9 Å². The highest BCUT2D eigenvalue weighted by molar-refractivity contribution is 7.11. The van der Waals surface area contributed by atoms with E-state index in [9.17, 15) is 9.59 Å². The maximum atomic E-state index is 13.2. The van der Waals surface area contributed by atoms with Crippen LogP contribution < -0.4 is 25.2 Å². The van der Waals surface area contributed by atoms with Crippen LogP contribution in [0.25, 0.3) is 5.69 Å². The quantitative estimate of drug-likeness (QED) is 0.407. The van der Waals surface area contributed by atoms with Gasteiger partial charge in [-0.1, -0.05) is 35.1 Å². The number of hydrogen-bond donors (Lipinski definition) is 1. The van der Waals surface area contributed by atoms with E-state index in [1.807, 2.05) is 0 Å². The van der Waals surface area contributed by atoms with E-state index in [2.05, 4.69) is 10.3 Å². The predicted molar refractivity (Wildman–Crippen MR) is 134 cm³/mol. The molecule has 9 heteroatoms. The molecule has 172 valence electrons. The molecule has 0 spiro atoms. The Kier molecular flexibility index (Phi) is 7.10. The van der Waals surface area contributed by atoms with Crippen LogP contribution in [0.15, 0.2) is 88.6 Å². The summed E-state index contributed by atoms with van der Waals surface area (Å²) in [6.07, 6.45) is 0. The molecule has 0 fully saturated rings. The molecule has 4 rings (SSSR count). The summed E-state index contributed by atoms with van der Waals surface area (Å²) < 4.78 is 11.9. The molecule has 0 aliphatic heterocycles. The number of benzene rings is 3. The van der Waals surface area contributed by atoms with Crippen molar-refractivity contribution in [3.05, 3.63) is 104 Å². The molecule has 1 heterocycles. The van der Waals surface area contributed by atoms with Crippen LogP contribution in [-0.4, -0.2) is 24.7 Å². The Hall–Kier alpha value is -3.88. The third-order valence-electron chi connectivity index (χ3n) is 4.84. The molecule has 0 atom stereocenters. The van der Waals surface area contributed by atoms with E-state index >= 15 is 0 Å². The maximum Gasteiger partial charge on any atom is 0.266 e. The predicted octanol–water partition coefficient (Wildman–Crippen LogP) is 5.05. The normalized spacial score (nSPS) is 11.2. The Balaban J connectivity index is 1.84. The van der Waals surface area contributed by atoms with E-state index in [0.717, 1.165) is 11.3 Å².